The molecule has 0 saturated heterocycles. The Hall–Kier alpha value is -1.04. The molecule has 2 rings (SSSR count). The summed E-state index contributed by atoms with van der Waals surface area (Å²) in [5.74, 6) is 1.70. The van der Waals surface area contributed by atoms with Gasteiger partial charge in [-0.15, -0.1) is 11.3 Å². The van der Waals surface area contributed by atoms with Gasteiger partial charge in [0.15, 0.2) is 0 Å². The summed E-state index contributed by atoms with van der Waals surface area (Å²) in [6, 6.07) is 8.08. The molecule has 0 bridgehead atoms. The van der Waals surface area contributed by atoms with Crippen molar-refractivity contribution in [2.45, 2.75) is 19.4 Å². The molecule has 21 heavy (non-hydrogen) atoms. The maximum Gasteiger partial charge on any atom is 0.124 e. The SMILES string of the molecule is CCCNC(c1cc(OC)ccc1OC)c1sccc1Br. The first-order valence-electron chi connectivity index (χ1n) is 6.89. The highest BCUT2D eigenvalue weighted by molar-refractivity contribution is 9.10. The molecular weight excluding hydrogens is 350 g/mol. The third kappa shape index (κ3) is 3.78. The molecule has 0 aliphatic rings. The maximum atomic E-state index is 5.54. The van der Waals surface area contributed by atoms with Crippen LogP contribution in [0, 0.1) is 0 Å². The topological polar surface area (TPSA) is 30.5 Å². The number of methoxy groups -OCH3 is 2. The van der Waals surface area contributed by atoms with Gasteiger partial charge >= 0.3 is 0 Å². The van der Waals surface area contributed by atoms with Crippen molar-refractivity contribution >= 4 is 27.3 Å². The number of nitrogens with one attached hydrogen (secondary N) is 1. The summed E-state index contributed by atoms with van der Waals surface area (Å²) in [5, 5.41) is 5.69. The lowest BCUT2D eigenvalue weighted by molar-refractivity contribution is 0.394. The van der Waals surface area contributed by atoms with Gasteiger partial charge in [0, 0.05) is 14.9 Å². The second-order valence-electron chi connectivity index (χ2n) is 4.63. The van der Waals surface area contributed by atoms with E-state index in [1.54, 1.807) is 25.6 Å². The van der Waals surface area contributed by atoms with Gasteiger partial charge in [-0.3, -0.25) is 0 Å². The van der Waals surface area contributed by atoms with Crippen molar-refractivity contribution in [3.63, 3.8) is 0 Å². The molecule has 0 aliphatic heterocycles. The number of hydrogen-bond donors (Lipinski definition) is 1. The highest BCUT2D eigenvalue weighted by atomic mass is 79.9. The minimum Gasteiger partial charge on any atom is -0.497 e. The molecule has 1 aromatic carbocycles. The fourth-order valence-electron chi connectivity index (χ4n) is 2.21. The van der Waals surface area contributed by atoms with E-state index in [1.807, 2.05) is 18.2 Å². The zero-order chi connectivity index (χ0) is 15.2. The summed E-state index contributed by atoms with van der Waals surface area (Å²) in [6.07, 6.45) is 1.08. The van der Waals surface area contributed by atoms with E-state index in [-0.39, 0.29) is 6.04 Å². The highest BCUT2D eigenvalue weighted by Gasteiger charge is 2.21. The van der Waals surface area contributed by atoms with Gasteiger partial charge in [-0.25, -0.2) is 0 Å². The molecule has 0 fully saturated rings. The molecule has 3 nitrogen and oxygen atoms in total. The summed E-state index contributed by atoms with van der Waals surface area (Å²) < 4.78 is 12.0. The molecule has 0 amide bonds. The summed E-state index contributed by atoms with van der Waals surface area (Å²) in [4.78, 5) is 1.25. The lowest BCUT2D eigenvalue weighted by atomic mass is 10.0. The van der Waals surface area contributed by atoms with Crippen LogP contribution in [0.25, 0.3) is 0 Å². The molecule has 1 aromatic heterocycles. The molecule has 114 valence electrons. The Morgan fingerprint density at radius 1 is 1.24 bits per heavy atom. The van der Waals surface area contributed by atoms with E-state index >= 15 is 0 Å². The number of halogens is 1. The largest absolute Gasteiger partial charge is 0.497 e. The summed E-state index contributed by atoms with van der Waals surface area (Å²) in [5.41, 5.74) is 1.09. The molecule has 1 N–H and O–H groups in total. The van der Waals surface area contributed by atoms with Gasteiger partial charge in [0.1, 0.15) is 11.5 Å². The monoisotopic (exact) mass is 369 g/mol. The summed E-state index contributed by atoms with van der Waals surface area (Å²) in [7, 11) is 3.38. The van der Waals surface area contributed by atoms with Crippen molar-refractivity contribution in [2.75, 3.05) is 20.8 Å². The van der Waals surface area contributed by atoms with Crippen molar-refractivity contribution in [1.29, 1.82) is 0 Å². The van der Waals surface area contributed by atoms with Crippen LogP contribution in [0.5, 0.6) is 11.5 Å². The fourth-order valence-corrected chi connectivity index (χ4v) is 3.90. The minimum atomic E-state index is 0.0874. The fraction of sp³-hybridized carbons (Fsp3) is 0.375. The number of thiophene rings is 1. The van der Waals surface area contributed by atoms with Gasteiger partial charge in [0.25, 0.3) is 0 Å². The summed E-state index contributed by atoms with van der Waals surface area (Å²) >= 11 is 5.37. The predicted octanol–water partition coefficient (Wildman–Crippen LogP) is 4.62. The van der Waals surface area contributed by atoms with Crippen molar-refractivity contribution in [1.82, 2.24) is 5.32 Å². The quantitative estimate of drug-likeness (QED) is 0.772. The number of rotatable bonds is 7. The van der Waals surface area contributed by atoms with E-state index in [2.05, 4.69) is 39.6 Å². The van der Waals surface area contributed by atoms with Gasteiger partial charge in [0.05, 0.1) is 20.3 Å². The second kappa shape index (κ2) is 7.82. The van der Waals surface area contributed by atoms with Gasteiger partial charge < -0.3 is 14.8 Å². The van der Waals surface area contributed by atoms with Crippen LogP contribution in [-0.2, 0) is 0 Å². The van der Waals surface area contributed by atoms with Crippen molar-refractivity contribution < 1.29 is 9.47 Å². The third-order valence-corrected chi connectivity index (χ3v) is 5.19. The summed E-state index contributed by atoms with van der Waals surface area (Å²) in [6.45, 7) is 3.10. The molecule has 0 saturated carbocycles. The lowest BCUT2D eigenvalue weighted by Gasteiger charge is -2.21. The van der Waals surface area contributed by atoms with Crippen LogP contribution in [0.4, 0.5) is 0 Å². The average Bonchev–Trinajstić information content (AvgIpc) is 2.93. The first-order valence-corrected chi connectivity index (χ1v) is 8.56. The normalized spacial score (nSPS) is 12.2. The number of ether oxygens (including phenoxy) is 2. The van der Waals surface area contributed by atoms with Crippen LogP contribution in [0.15, 0.2) is 34.1 Å². The van der Waals surface area contributed by atoms with Crippen LogP contribution in [0.1, 0.15) is 29.8 Å². The van der Waals surface area contributed by atoms with Crippen LogP contribution in [0.2, 0.25) is 0 Å². The second-order valence-corrected chi connectivity index (χ2v) is 6.43. The van der Waals surface area contributed by atoms with Gasteiger partial charge in [-0.2, -0.15) is 0 Å². The Bertz CT molecular complexity index is 585. The molecule has 0 radical (unpaired) electrons. The van der Waals surface area contributed by atoms with E-state index in [9.17, 15) is 0 Å². The predicted molar refractivity (Wildman–Crippen MR) is 91.7 cm³/mol. The Kier molecular flexibility index (Phi) is 6.08. The van der Waals surface area contributed by atoms with Crippen LogP contribution >= 0.6 is 27.3 Å². The molecule has 1 heterocycles. The Morgan fingerprint density at radius 2 is 2.05 bits per heavy atom. The van der Waals surface area contributed by atoms with E-state index in [0.29, 0.717) is 0 Å². The Labute approximate surface area is 138 Å². The molecule has 0 aliphatic carbocycles. The standard InChI is InChI=1S/C16H20BrNO2S/c1-4-8-18-15(16-13(17)7-9-21-16)12-10-11(19-2)5-6-14(12)20-3/h5-7,9-10,15,18H,4,8H2,1-3H3. The molecular formula is C16H20BrNO2S. The molecule has 1 unspecified atom stereocenters. The van der Waals surface area contributed by atoms with Crippen molar-refractivity contribution in [3.05, 3.63) is 44.6 Å². The zero-order valence-corrected chi connectivity index (χ0v) is 14.9. The molecule has 5 heteroatoms. The van der Waals surface area contributed by atoms with Gasteiger partial charge in [0.2, 0.25) is 0 Å². The zero-order valence-electron chi connectivity index (χ0n) is 12.5. The van der Waals surface area contributed by atoms with Crippen LogP contribution in [0.3, 0.4) is 0 Å². The first-order chi connectivity index (χ1) is 10.2. The van der Waals surface area contributed by atoms with Gasteiger partial charge in [-0.1, -0.05) is 6.92 Å². The maximum absolute atomic E-state index is 5.54. The smallest absolute Gasteiger partial charge is 0.124 e. The molecule has 0 spiro atoms. The lowest BCUT2D eigenvalue weighted by Crippen LogP contribution is -2.23. The Morgan fingerprint density at radius 3 is 2.62 bits per heavy atom. The van der Waals surface area contributed by atoms with Gasteiger partial charge in [-0.05, 0) is 58.5 Å². The van der Waals surface area contributed by atoms with E-state index in [0.717, 1.165) is 34.5 Å². The number of benzene rings is 1. The Balaban J connectivity index is 2.47. The minimum absolute atomic E-state index is 0.0874. The van der Waals surface area contributed by atoms with Crippen LogP contribution < -0.4 is 14.8 Å². The van der Waals surface area contributed by atoms with Crippen molar-refractivity contribution in [3.8, 4) is 11.5 Å². The molecule has 1 atom stereocenters. The average molecular weight is 370 g/mol. The highest BCUT2D eigenvalue weighted by Crippen LogP contribution is 2.38. The first kappa shape index (κ1) is 16.3. The van der Waals surface area contributed by atoms with E-state index in [4.69, 9.17) is 9.47 Å². The van der Waals surface area contributed by atoms with Crippen molar-refractivity contribution in [2.24, 2.45) is 0 Å². The third-order valence-electron chi connectivity index (χ3n) is 3.25. The van der Waals surface area contributed by atoms with E-state index < -0.39 is 0 Å². The molecule has 2 aromatic rings. The van der Waals surface area contributed by atoms with Crippen LogP contribution in [-0.4, -0.2) is 20.8 Å². The van der Waals surface area contributed by atoms with E-state index in [1.165, 1.54) is 4.88 Å². The number of hydrogen-bond acceptors (Lipinski definition) is 4.